The molecule has 0 amide bonds. The van der Waals surface area contributed by atoms with Gasteiger partial charge in [-0.2, -0.15) is 0 Å². The van der Waals surface area contributed by atoms with E-state index in [0.29, 0.717) is 18.8 Å². The van der Waals surface area contributed by atoms with Crippen molar-refractivity contribution in [2.24, 2.45) is 17.3 Å². The van der Waals surface area contributed by atoms with Crippen LogP contribution in [0.1, 0.15) is 137 Å². The molecular formula is C33H54N2O4. The molecule has 0 bridgehead atoms. The van der Waals surface area contributed by atoms with Gasteiger partial charge in [0.1, 0.15) is 0 Å². The van der Waals surface area contributed by atoms with Gasteiger partial charge in [-0.15, -0.1) is 0 Å². The number of fused-ring (bicyclic) bond motifs is 2. The molecule has 0 radical (unpaired) electrons. The molecule has 1 saturated heterocycles. The number of hydrogen-bond donors (Lipinski definition) is 0. The lowest BCUT2D eigenvalue weighted by Crippen LogP contribution is -2.46. The minimum Gasteiger partial charge on any atom is -0.466 e. The lowest BCUT2D eigenvalue weighted by atomic mass is 9.72. The molecular weight excluding hydrogens is 488 g/mol. The highest BCUT2D eigenvalue weighted by molar-refractivity contribution is 6.04. The minimum absolute atomic E-state index is 0.00473. The molecule has 0 spiro atoms. The van der Waals surface area contributed by atoms with Crippen LogP contribution in [-0.4, -0.2) is 53.9 Å². The Morgan fingerprint density at radius 1 is 1.00 bits per heavy atom. The number of carbonyl (C=O) groups excluding carboxylic acids is 3. The predicted octanol–water partition coefficient (Wildman–Crippen LogP) is 7.19. The summed E-state index contributed by atoms with van der Waals surface area (Å²) in [5.41, 5.74) is 2.96. The molecule has 1 fully saturated rings. The molecule has 6 nitrogen and oxygen atoms in total. The molecule has 39 heavy (non-hydrogen) atoms. The van der Waals surface area contributed by atoms with Crippen LogP contribution in [0.25, 0.3) is 0 Å². The molecule has 2 aliphatic rings. The summed E-state index contributed by atoms with van der Waals surface area (Å²) in [6.45, 7) is 12.2. The number of likely N-dealkylation sites (tertiary alicyclic amines) is 1. The number of rotatable bonds is 15. The Labute approximate surface area is 237 Å². The Bertz CT molecular complexity index is 992. The summed E-state index contributed by atoms with van der Waals surface area (Å²) in [7, 11) is 2.09. The van der Waals surface area contributed by atoms with Crippen LogP contribution in [0.4, 0.5) is 0 Å². The molecule has 1 aromatic heterocycles. The van der Waals surface area contributed by atoms with E-state index in [-0.39, 0.29) is 30.2 Å². The van der Waals surface area contributed by atoms with E-state index < -0.39 is 5.41 Å². The van der Waals surface area contributed by atoms with E-state index >= 15 is 0 Å². The zero-order valence-electron chi connectivity index (χ0n) is 25.7. The Kier molecular flexibility index (Phi) is 11.8. The summed E-state index contributed by atoms with van der Waals surface area (Å²) in [6, 6.07) is 0. The Morgan fingerprint density at radius 2 is 1.64 bits per heavy atom. The van der Waals surface area contributed by atoms with Crippen molar-refractivity contribution in [1.82, 2.24) is 9.47 Å². The Hall–Kier alpha value is -1.95. The number of ketones is 1. The maximum atomic E-state index is 13.9. The summed E-state index contributed by atoms with van der Waals surface area (Å²) >= 11 is 0. The number of hydrogen-bond acceptors (Lipinski definition) is 5. The number of carbonyl (C=O) groups is 3. The van der Waals surface area contributed by atoms with Gasteiger partial charge in [-0.05, 0) is 64.1 Å². The summed E-state index contributed by atoms with van der Waals surface area (Å²) < 4.78 is 7.40. The normalized spacial score (nSPS) is 19.6. The number of unbranched alkanes of at least 4 members (excludes halogenated alkanes) is 8. The number of aromatic nitrogens is 1. The van der Waals surface area contributed by atoms with E-state index in [0.717, 1.165) is 67.7 Å². The average molecular weight is 543 g/mol. The average Bonchev–Trinajstić information content (AvgIpc) is 3.18. The van der Waals surface area contributed by atoms with Crippen molar-refractivity contribution < 1.29 is 19.1 Å². The van der Waals surface area contributed by atoms with Gasteiger partial charge in [0.25, 0.3) is 0 Å². The fraction of sp³-hybridized carbons (Fsp3) is 0.788. The molecule has 0 N–H and O–H groups in total. The van der Waals surface area contributed by atoms with Crippen LogP contribution in [0, 0.1) is 24.2 Å². The maximum Gasteiger partial charge on any atom is 0.305 e. The van der Waals surface area contributed by atoms with E-state index in [1.165, 1.54) is 44.9 Å². The first kappa shape index (κ1) is 31.6. The first-order valence-corrected chi connectivity index (χ1v) is 15.8. The first-order chi connectivity index (χ1) is 18.6. The fourth-order valence-corrected chi connectivity index (χ4v) is 6.62. The molecule has 1 aliphatic heterocycles. The predicted molar refractivity (Wildman–Crippen MR) is 158 cm³/mol. The van der Waals surface area contributed by atoms with E-state index in [9.17, 15) is 14.4 Å². The lowest BCUT2D eigenvalue weighted by molar-refractivity contribution is -0.144. The van der Waals surface area contributed by atoms with Crippen molar-refractivity contribution >= 4 is 17.7 Å². The van der Waals surface area contributed by atoms with Gasteiger partial charge in [-0.3, -0.25) is 19.0 Å². The van der Waals surface area contributed by atoms with Crippen LogP contribution in [0.15, 0.2) is 0 Å². The third-order valence-corrected chi connectivity index (χ3v) is 9.24. The highest BCUT2D eigenvalue weighted by Crippen LogP contribution is 2.40. The molecule has 0 saturated carbocycles. The molecule has 1 aliphatic carbocycles. The highest BCUT2D eigenvalue weighted by atomic mass is 16.5. The van der Waals surface area contributed by atoms with E-state index in [1.807, 2.05) is 25.3 Å². The SMILES string of the molecule is CCCCCCCCCCCC(=O)OCCC(C)(C)C(=O)n1c(C)c(CC)c2c1CC1CCN(C)CC1C2=O. The van der Waals surface area contributed by atoms with Crippen LogP contribution in [0.5, 0.6) is 0 Å². The monoisotopic (exact) mass is 542 g/mol. The second-order valence-electron chi connectivity index (χ2n) is 12.8. The smallest absolute Gasteiger partial charge is 0.305 e. The van der Waals surface area contributed by atoms with Crippen LogP contribution in [0.2, 0.25) is 0 Å². The van der Waals surface area contributed by atoms with Gasteiger partial charge < -0.3 is 9.64 Å². The summed E-state index contributed by atoms with van der Waals surface area (Å²) in [4.78, 5) is 42.1. The third-order valence-electron chi connectivity index (χ3n) is 9.24. The number of nitrogens with zero attached hydrogens (tertiary/aromatic N) is 2. The van der Waals surface area contributed by atoms with Crippen molar-refractivity contribution in [1.29, 1.82) is 0 Å². The molecule has 2 unspecified atom stereocenters. The molecule has 2 atom stereocenters. The van der Waals surface area contributed by atoms with E-state index in [4.69, 9.17) is 4.74 Å². The zero-order valence-corrected chi connectivity index (χ0v) is 25.7. The Morgan fingerprint density at radius 3 is 2.28 bits per heavy atom. The molecule has 0 aromatic carbocycles. The summed E-state index contributed by atoms with van der Waals surface area (Å²) in [6.07, 6.45) is 14.4. The molecule has 2 heterocycles. The van der Waals surface area contributed by atoms with Crippen molar-refractivity contribution in [2.45, 2.75) is 125 Å². The van der Waals surface area contributed by atoms with Crippen LogP contribution in [0.3, 0.4) is 0 Å². The zero-order chi connectivity index (χ0) is 28.6. The van der Waals surface area contributed by atoms with Gasteiger partial charge in [-0.1, -0.05) is 79.1 Å². The fourth-order valence-electron chi connectivity index (χ4n) is 6.62. The van der Waals surface area contributed by atoms with E-state index in [1.54, 1.807) is 0 Å². The number of esters is 1. The standard InChI is InChI=1S/C33H54N2O4/c1-7-9-10-11-12-13-14-15-16-17-29(36)39-21-19-33(4,5)32(38)35-24(3)26(8-2)30-28(35)22-25-18-20-34(6)23-27(25)31(30)37/h25,27H,7-23H2,1-6H3. The highest BCUT2D eigenvalue weighted by Gasteiger charge is 2.44. The summed E-state index contributed by atoms with van der Waals surface area (Å²) in [5, 5.41) is 0. The second kappa shape index (κ2) is 14.6. The largest absolute Gasteiger partial charge is 0.466 e. The van der Waals surface area contributed by atoms with Gasteiger partial charge in [0.2, 0.25) is 5.91 Å². The van der Waals surface area contributed by atoms with Gasteiger partial charge in [0.05, 0.1) is 6.61 Å². The number of ether oxygens (including phenoxy) is 1. The van der Waals surface area contributed by atoms with Crippen molar-refractivity contribution in [3.63, 3.8) is 0 Å². The van der Waals surface area contributed by atoms with Crippen molar-refractivity contribution in [2.75, 3.05) is 26.7 Å². The third kappa shape index (κ3) is 7.83. The molecule has 1 aromatic rings. The number of piperidine rings is 1. The minimum atomic E-state index is -0.701. The van der Waals surface area contributed by atoms with Gasteiger partial charge in [0, 0.05) is 41.2 Å². The molecule has 220 valence electrons. The Balaban J connectivity index is 1.53. The van der Waals surface area contributed by atoms with Crippen LogP contribution >= 0.6 is 0 Å². The second-order valence-corrected chi connectivity index (χ2v) is 12.8. The van der Waals surface area contributed by atoms with E-state index in [2.05, 4.69) is 25.8 Å². The first-order valence-electron chi connectivity index (χ1n) is 15.8. The maximum absolute atomic E-state index is 13.9. The van der Waals surface area contributed by atoms with Gasteiger partial charge in [-0.25, -0.2) is 0 Å². The van der Waals surface area contributed by atoms with Crippen LogP contribution in [-0.2, 0) is 22.4 Å². The lowest BCUT2D eigenvalue weighted by Gasteiger charge is -2.39. The quantitative estimate of drug-likeness (QED) is 0.173. The van der Waals surface area contributed by atoms with Crippen molar-refractivity contribution in [3.8, 4) is 0 Å². The van der Waals surface area contributed by atoms with Gasteiger partial charge in [0.15, 0.2) is 5.78 Å². The van der Waals surface area contributed by atoms with Crippen LogP contribution < -0.4 is 0 Å². The topological polar surface area (TPSA) is 68.6 Å². The summed E-state index contributed by atoms with van der Waals surface area (Å²) in [5.74, 6) is 0.400. The van der Waals surface area contributed by atoms with Crippen molar-refractivity contribution in [3.05, 3.63) is 22.5 Å². The van der Waals surface area contributed by atoms with Gasteiger partial charge >= 0.3 is 5.97 Å². The molecule has 3 rings (SSSR count). The number of Topliss-reactive ketones (excluding diaryl/α,β-unsaturated/α-hetero) is 1. The molecule has 6 heteroatoms.